The first kappa shape index (κ1) is 22.5. The minimum absolute atomic E-state index is 0.181. The molecule has 8 heteroatoms. The Kier molecular flexibility index (Phi) is 5.75. The molecule has 0 bridgehead atoms. The molecule has 2 atom stereocenters. The molecule has 1 saturated heterocycles. The first-order valence-electron chi connectivity index (χ1n) is 11.8. The van der Waals surface area contributed by atoms with E-state index in [9.17, 15) is 14.3 Å². The summed E-state index contributed by atoms with van der Waals surface area (Å²) in [6.07, 6.45) is 6.31. The van der Waals surface area contributed by atoms with Crippen molar-refractivity contribution in [3.8, 4) is 11.3 Å². The predicted octanol–water partition coefficient (Wildman–Crippen LogP) is 4.06. The highest BCUT2D eigenvalue weighted by atomic mass is 19.1. The van der Waals surface area contributed by atoms with Gasteiger partial charge in [0, 0.05) is 30.0 Å². The van der Waals surface area contributed by atoms with Gasteiger partial charge in [-0.15, -0.1) is 0 Å². The van der Waals surface area contributed by atoms with Crippen LogP contribution >= 0.6 is 0 Å². The summed E-state index contributed by atoms with van der Waals surface area (Å²) in [5.41, 5.74) is 3.62. The van der Waals surface area contributed by atoms with Gasteiger partial charge in [0.2, 0.25) is 0 Å². The van der Waals surface area contributed by atoms with E-state index in [-0.39, 0.29) is 18.2 Å². The van der Waals surface area contributed by atoms with E-state index >= 15 is 0 Å². The van der Waals surface area contributed by atoms with Crippen LogP contribution in [0.25, 0.3) is 32.9 Å². The zero-order valence-corrected chi connectivity index (χ0v) is 19.3. The number of hydrogen-bond acceptors (Lipinski definition) is 6. The van der Waals surface area contributed by atoms with Gasteiger partial charge in [-0.3, -0.25) is 19.3 Å². The topological polar surface area (TPSA) is 90.1 Å². The van der Waals surface area contributed by atoms with Gasteiger partial charge in [0.05, 0.1) is 47.9 Å². The fourth-order valence-corrected chi connectivity index (χ4v) is 4.98. The third-order valence-electron chi connectivity index (χ3n) is 6.75. The summed E-state index contributed by atoms with van der Waals surface area (Å²) in [5.74, 6) is -0.418. The molecule has 0 spiro atoms. The third-order valence-corrected chi connectivity index (χ3v) is 6.75. The van der Waals surface area contributed by atoms with Crippen LogP contribution in [0.15, 0.2) is 78.2 Å². The Morgan fingerprint density at radius 3 is 2.75 bits per heavy atom. The smallest absolute Gasteiger partial charge is 0.261 e. The molecule has 0 aliphatic carbocycles. The van der Waals surface area contributed by atoms with Crippen molar-refractivity contribution >= 4 is 21.7 Å². The minimum atomic E-state index is -0.761. The molecule has 0 radical (unpaired) electrons. The standard InChI is InChI=1S/C28H23FN4O3/c29-20-11-19(13-30-14-20)24-10-17(5-7-31-24)9-18-12-23-27(22-4-2-1-3-21(18)22)32-16-33(28(23)35)25-6-8-36-15-26(25)34/h1-5,7,10-14,16,25-26,34H,6,8-9,15H2. The Bertz CT molecular complexity index is 1650. The van der Waals surface area contributed by atoms with Crippen molar-refractivity contribution in [1.82, 2.24) is 19.5 Å². The van der Waals surface area contributed by atoms with Crippen LogP contribution in [0.4, 0.5) is 4.39 Å². The second-order valence-corrected chi connectivity index (χ2v) is 9.05. The summed E-state index contributed by atoms with van der Waals surface area (Å²) >= 11 is 0. The number of rotatable bonds is 4. The first-order valence-corrected chi connectivity index (χ1v) is 11.8. The number of fused-ring (bicyclic) bond motifs is 3. The lowest BCUT2D eigenvalue weighted by molar-refractivity contribution is -0.0395. The maximum atomic E-state index is 13.7. The molecule has 2 unspecified atom stereocenters. The Morgan fingerprint density at radius 2 is 1.92 bits per heavy atom. The van der Waals surface area contributed by atoms with Crippen molar-refractivity contribution in [2.45, 2.75) is 25.0 Å². The summed E-state index contributed by atoms with van der Waals surface area (Å²) in [6.45, 7) is 0.684. The fraction of sp³-hybridized carbons (Fsp3) is 0.214. The Balaban J connectivity index is 1.47. The van der Waals surface area contributed by atoms with Crippen LogP contribution in [0.1, 0.15) is 23.6 Å². The Morgan fingerprint density at radius 1 is 1.06 bits per heavy atom. The maximum Gasteiger partial charge on any atom is 0.261 e. The molecular weight excluding hydrogens is 459 g/mol. The van der Waals surface area contributed by atoms with Gasteiger partial charge in [-0.05, 0) is 53.6 Å². The Labute approximate surface area is 205 Å². The van der Waals surface area contributed by atoms with Gasteiger partial charge in [0.25, 0.3) is 5.56 Å². The monoisotopic (exact) mass is 482 g/mol. The highest BCUT2D eigenvalue weighted by Gasteiger charge is 2.27. The van der Waals surface area contributed by atoms with Crippen LogP contribution in [0, 0.1) is 5.82 Å². The molecule has 7 nitrogen and oxygen atoms in total. The van der Waals surface area contributed by atoms with E-state index in [1.165, 1.54) is 17.0 Å². The summed E-state index contributed by atoms with van der Waals surface area (Å²) in [5, 5.41) is 12.8. The van der Waals surface area contributed by atoms with Crippen LogP contribution in [0.3, 0.4) is 0 Å². The molecule has 1 N–H and O–H groups in total. The number of aliphatic hydroxyl groups excluding tert-OH is 1. The molecule has 36 heavy (non-hydrogen) atoms. The van der Waals surface area contributed by atoms with Crippen molar-refractivity contribution in [2.24, 2.45) is 0 Å². The second kappa shape index (κ2) is 9.22. The highest BCUT2D eigenvalue weighted by molar-refractivity contribution is 6.06. The highest BCUT2D eigenvalue weighted by Crippen LogP contribution is 2.29. The molecule has 1 fully saturated rings. The van der Waals surface area contributed by atoms with Crippen molar-refractivity contribution in [2.75, 3.05) is 13.2 Å². The number of aromatic nitrogens is 4. The van der Waals surface area contributed by atoms with Gasteiger partial charge >= 0.3 is 0 Å². The van der Waals surface area contributed by atoms with Crippen molar-refractivity contribution in [1.29, 1.82) is 0 Å². The van der Waals surface area contributed by atoms with Gasteiger partial charge in [0.15, 0.2) is 0 Å². The summed E-state index contributed by atoms with van der Waals surface area (Å²) in [7, 11) is 0. The van der Waals surface area contributed by atoms with Crippen LogP contribution in [-0.4, -0.2) is 43.9 Å². The van der Waals surface area contributed by atoms with Crippen LogP contribution in [0.2, 0.25) is 0 Å². The molecule has 1 aliphatic heterocycles. The van der Waals surface area contributed by atoms with E-state index < -0.39 is 11.9 Å². The molecule has 0 amide bonds. The zero-order valence-electron chi connectivity index (χ0n) is 19.3. The van der Waals surface area contributed by atoms with E-state index in [0.29, 0.717) is 41.6 Å². The number of benzene rings is 2. The average Bonchev–Trinajstić information content (AvgIpc) is 2.90. The average molecular weight is 483 g/mol. The van der Waals surface area contributed by atoms with Crippen molar-refractivity contribution in [3.63, 3.8) is 0 Å². The molecule has 5 aromatic rings. The van der Waals surface area contributed by atoms with Gasteiger partial charge in [-0.2, -0.15) is 0 Å². The van der Waals surface area contributed by atoms with Crippen molar-refractivity contribution in [3.05, 3.63) is 101 Å². The molecule has 3 aromatic heterocycles. The zero-order chi connectivity index (χ0) is 24.6. The molecule has 1 aliphatic rings. The Hall–Kier alpha value is -4.01. The number of halogens is 1. The van der Waals surface area contributed by atoms with E-state index in [0.717, 1.165) is 28.1 Å². The number of aliphatic hydroxyl groups is 1. The molecule has 4 heterocycles. The quantitative estimate of drug-likeness (QED) is 0.389. The van der Waals surface area contributed by atoms with Gasteiger partial charge in [-0.25, -0.2) is 9.37 Å². The number of pyridine rings is 2. The van der Waals surface area contributed by atoms with Crippen LogP contribution in [-0.2, 0) is 11.2 Å². The molecule has 180 valence electrons. The summed E-state index contributed by atoms with van der Waals surface area (Å²) in [4.78, 5) is 26.6. The number of ether oxygens (including phenoxy) is 1. The second-order valence-electron chi connectivity index (χ2n) is 9.05. The maximum absolute atomic E-state index is 13.7. The molecule has 6 rings (SSSR count). The lowest BCUT2D eigenvalue weighted by Gasteiger charge is -2.29. The predicted molar refractivity (Wildman–Crippen MR) is 134 cm³/mol. The van der Waals surface area contributed by atoms with Crippen LogP contribution in [0.5, 0.6) is 0 Å². The van der Waals surface area contributed by atoms with Crippen molar-refractivity contribution < 1.29 is 14.2 Å². The van der Waals surface area contributed by atoms with Crippen LogP contribution < -0.4 is 5.56 Å². The number of hydrogen-bond donors (Lipinski definition) is 1. The minimum Gasteiger partial charge on any atom is -0.389 e. The molecule has 2 aromatic carbocycles. The summed E-state index contributed by atoms with van der Waals surface area (Å²) in [6, 6.07) is 14.7. The first-order chi connectivity index (χ1) is 17.6. The SMILES string of the molecule is O=c1c2cc(Cc3ccnc(-c4cncc(F)c4)c3)c3ccccc3c2ncn1C1CCOCC1O. The lowest BCUT2D eigenvalue weighted by atomic mass is 9.95. The van der Waals surface area contributed by atoms with Gasteiger partial charge < -0.3 is 9.84 Å². The molecule has 0 saturated carbocycles. The normalized spacial score (nSPS) is 18.1. The van der Waals surface area contributed by atoms with E-state index in [1.807, 2.05) is 42.5 Å². The van der Waals surface area contributed by atoms with E-state index in [1.54, 1.807) is 12.4 Å². The van der Waals surface area contributed by atoms with E-state index in [2.05, 4.69) is 15.0 Å². The molecular formula is C28H23FN4O3. The summed E-state index contributed by atoms with van der Waals surface area (Å²) < 4.78 is 20.6. The largest absolute Gasteiger partial charge is 0.389 e. The lowest BCUT2D eigenvalue weighted by Crippen LogP contribution is -2.39. The van der Waals surface area contributed by atoms with Gasteiger partial charge in [-0.1, -0.05) is 24.3 Å². The fourth-order valence-electron chi connectivity index (χ4n) is 4.98. The van der Waals surface area contributed by atoms with E-state index in [4.69, 9.17) is 4.74 Å². The number of nitrogens with zero attached hydrogens (tertiary/aromatic N) is 4. The third kappa shape index (κ3) is 4.04. The van der Waals surface area contributed by atoms with Gasteiger partial charge in [0.1, 0.15) is 5.82 Å².